The van der Waals surface area contributed by atoms with Crippen molar-refractivity contribution < 1.29 is 19.1 Å². The van der Waals surface area contributed by atoms with Crippen LogP contribution in [0.1, 0.15) is 62.4 Å². The van der Waals surface area contributed by atoms with E-state index in [1.54, 1.807) is 24.3 Å². The predicted molar refractivity (Wildman–Crippen MR) is 243 cm³/mol. The van der Waals surface area contributed by atoms with Gasteiger partial charge in [0, 0.05) is 27.3 Å². The summed E-state index contributed by atoms with van der Waals surface area (Å²) < 4.78 is 11.5. The van der Waals surface area contributed by atoms with Crippen molar-refractivity contribution in [1.82, 2.24) is 0 Å². The Morgan fingerprint density at radius 2 is 1.04 bits per heavy atom. The Bertz CT molecular complexity index is 2060. The number of carbonyl (C=O) groups excluding carboxylic acids is 2. The quantitative estimate of drug-likeness (QED) is 0.112. The fourth-order valence-electron chi connectivity index (χ4n) is 4.55. The molecule has 0 radical (unpaired) electrons. The number of carbonyl (C=O) groups is 2. The van der Waals surface area contributed by atoms with Crippen LogP contribution in [0, 0.1) is 0 Å². The Morgan fingerprint density at radius 1 is 0.618 bits per heavy atom. The van der Waals surface area contributed by atoms with Crippen LogP contribution in [0.2, 0.25) is 5.02 Å². The highest BCUT2D eigenvalue weighted by Gasteiger charge is 2.24. The zero-order chi connectivity index (χ0) is 40.1. The fraction of sp³-hybridized carbons (Fsp3) is 0.0870. The molecule has 0 spiro atoms. The van der Waals surface area contributed by atoms with Crippen LogP contribution in [0.4, 0.5) is 0 Å². The van der Waals surface area contributed by atoms with Crippen LogP contribution >= 0.6 is 61.3 Å². The van der Waals surface area contributed by atoms with Gasteiger partial charge in [0.25, 0.3) is 0 Å². The molecule has 0 atom stereocenters. The number of halogens is 1. The molecule has 6 rings (SSSR count). The van der Waals surface area contributed by atoms with Crippen molar-refractivity contribution in [3.63, 3.8) is 0 Å². The Kier molecular flexibility index (Phi) is 19.3. The minimum Gasteiger partial charge on any atom is -0.478 e. The number of rotatable bonds is 9. The summed E-state index contributed by atoms with van der Waals surface area (Å²) in [4.78, 5) is 21.0. The van der Waals surface area contributed by atoms with Crippen LogP contribution in [0.25, 0.3) is 6.08 Å². The van der Waals surface area contributed by atoms with Crippen LogP contribution < -0.4 is 0 Å². The number of hydrogen-bond donors (Lipinski definition) is 2. The Morgan fingerprint density at radius 3 is 1.44 bits per heavy atom. The molecule has 0 aromatic heterocycles. The highest BCUT2D eigenvalue weighted by Crippen LogP contribution is 2.27. The lowest BCUT2D eigenvalue weighted by molar-refractivity contribution is 0.0999. The van der Waals surface area contributed by atoms with E-state index >= 15 is 0 Å². The van der Waals surface area contributed by atoms with Crippen LogP contribution in [0.5, 0.6) is 0 Å². The third-order valence-electron chi connectivity index (χ3n) is 7.50. The first kappa shape index (κ1) is 44.6. The lowest BCUT2D eigenvalue weighted by Crippen LogP contribution is -2.25. The maximum atomic E-state index is 10.5. The summed E-state index contributed by atoms with van der Waals surface area (Å²) in [7, 11) is 0. The molecule has 4 nitrogen and oxygen atoms in total. The summed E-state index contributed by atoms with van der Waals surface area (Å²) >= 11 is 23.8. The first-order valence-electron chi connectivity index (χ1n) is 16.9. The largest absolute Gasteiger partial charge is 0.478 e. The average Bonchev–Trinajstić information content (AvgIpc) is 3.22. The molecular weight excluding hydrogens is 780 g/mol. The minimum absolute atomic E-state index is 0.185. The van der Waals surface area contributed by atoms with E-state index in [9.17, 15) is 9.59 Å². The van der Waals surface area contributed by atoms with Gasteiger partial charge in [-0.3, -0.25) is 9.59 Å². The molecule has 0 aliphatic rings. The molecule has 0 heterocycles. The van der Waals surface area contributed by atoms with Gasteiger partial charge in [0.1, 0.15) is 12.2 Å². The smallest absolute Gasteiger partial charge is 0.216 e. The van der Waals surface area contributed by atoms with Crippen molar-refractivity contribution in [3.8, 4) is 0 Å². The van der Waals surface area contributed by atoms with Gasteiger partial charge in [0.05, 0.1) is 0 Å². The van der Waals surface area contributed by atoms with E-state index in [1.165, 1.54) is 0 Å². The molecule has 0 N–H and O–H groups in total. The van der Waals surface area contributed by atoms with E-state index in [-0.39, 0.29) is 10.2 Å². The van der Waals surface area contributed by atoms with Crippen LogP contribution in [0.3, 0.4) is 0 Å². The second-order valence-corrected chi connectivity index (χ2v) is 14.0. The molecule has 0 bridgehead atoms. The van der Waals surface area contributed by atoms with Gasteiger partial charge in [-0.2, -0.15) is 0 Å². The van der Waals surface area contributed by atoms with Gasteiger partial charge < -0.3 is 9.47 Å². The number of thiocarbonyl (C=S) groups is 2. The molecule has 0 fully saturated rings. The molecule has 280 valence electrons. The monoisotopic (exact) mass is 820 g/mol. The van der Waals surface area contributed by atoms with Crippen LogP contribution in [-0.2, 0) is 21.7 Å². The highest BCUT2D eigenvalue weighted by atomic mass is 35.5. The third-order valence-corrected chi connectivity index (χ3v) is 8.95. The molecule has 0 aliphatic heterocycles. The molecule has 55 heavy (non-hydrogen) atoms. The number of ether oxygens (including phenoxy) is 2. The van der Waals surface area contributed by atoms with Crippen molar-refractivity contribution >= 4 is 87.7 Å². The molecule has 0 unspecified atom stereocenters. The predicted octanol–water partition coefficient (Wildman–Crippen LogP) is 12.7. The maximum absolute atomic E-state index is 10.5. The molecule has 0 saturated carbocycles. The van der Waals surface area contributed by atoms with Crippen LogP contribution in [-0.4, -0.2) is 20.3 Å². The van der Waals surface area contributed by atoms with Gasteiger partial charge in [-0.1, -0.05) is 176 Å². The highest BCUT2D eigenvalue weighted by molar-refractivity contribution is 7.97. The molecule has 0 amide bonds. The number of benzene rings is 6. The Hall–Kier alpha value is -4.83. The van der Waals surface area contributed by atoms with Crippen LogP contribution in [0.15, 0.2) is 176 Å². The summed E-state index contributed by atoms with van der Waals surface area (Å²) in [5, 5.41) is 1.37. The van der Waals surface area contributed by atoms with Gasteiger partial charge in [-0.25, -0.2) is 0 Å². The first-order chi connectivity index (χ1) is 26.4. The lowest BCUT2D eigenvalue weighted by atomic mass is 9.98. The zero-order valence-electron chi connectivity index (χ0n) is 30.4. The van der Waals surface area contributed by atoms with Gasteiger partial charge in [0.2, 0.25) is 10.2 Å². The second kappa shape index (κ2) is 23.8. The molecule has 6 aromatic rings. The SMILES string of the molecule is C=Cc1cccc(COC(=S)c2ccccc2)c1.CC(C)(OC(=S)c1ccccc1)c1ccc(Cl)cc1.O=C(S)c1ccccc1.O=C(S)c1ccccc1. The van der Waals surface area contributed by atoms with Crippen molar-refractivity contribution in [2.24, 2.45) is 0 Å². The van der Waals surface area contributed by atoms with Crippen molar-refractivity contribution in [2.75, 3.05) is 0 Å². The Labute approximate surface area is 351 Å². The lowest BCUT2D eigenvalue weighted by Gasteiger charge is -2.27. The summed E-state index contributed by atoms with van der Waals surface area (Å²) in [5.74, 6) is 0. The molecular formula is C46H41ClO4S4. The van der Waals surface area contributed by atoms with E-state index in [0.29, 0.717) is 32.9 Å². The van der Waals surface area contributed by atoms with E-state index < -0.39 is 5.60 Å². The van der Waals surface area contributed by atoms with Gasteiger partial charge in [-0.05, 0) is 73.2 Å². The van der Waals surface area contributed by atoms with Gasteiger partial charge in [0.15, 0.2) is 10.1 Å². The van der Waals surface area contributed by atoms with Crippen molar-refractivity contribution in [2.45, 2.75) is 26.1 Å². The third kappa shape index (κ3) is 16.6. The summed E-state index contributed by atoms with van der Waals surface area (Å²) in [6.07, 6.45) is 1.82. The van der Waals surface area contributed by atoms with Crippen molar-refractivity contribution in [1.29, 1.82) is 0 Å². The molecule has 6 aromatic carbocycles. The summed E-state index contributed by atoms with van der Waals surface area (Å²) in [5.41, 5.74) is 5.86. The van der Waals surface area contributed by atoms with Gasteiger partial charge >= 0.3 is 0 Å². The second-order valence-electron chi connectivity index (χ2n) is 12.0. The van der Waals surface area contributed by atoms with E-state index in [1.807, 2.05) is 166 Å². The van der Waals surface area contributed by atoms with Crippen molar-refractivity contribution in [3.05, 3.63) is 220 Å². The molecule has 9 heteroatoms. The number of hydrogen-bond acceptors (Lipinski definition) is 6. The topological polar surface area (TPSA) is 52.6 Å². The summed E-state index contributed by atoms with van der Waals surface area (Å²) in [6, 6.07) is 53.0. The maximum Gasteiger partial charge on any atom is 0.216 e. The zero-order valence-corrected chi connectivity index (χ0v) is 34.6. The Balaban J connectivity index is 0.000000208. The summed E-state index contributed by atoms with van der Waals surface area (Å²) in [6.45, 7) is 8.21. The normalized spacial score (nSPS) is 9.98. The average molecular weight is 822 g/mol. The van der Waals surface area contributed by atoms with Gasteiger partial charge in [-0.15, -0.1) is 25.3 Å². The van der Waals surface area contributed by atoms with E-state index in [2.05, 4.69) is 31.8 Å². The number of thiol groups is 2. The van der Waals surface area contributed by atoms with E-state index in [4.69, 9.17) is 45.5 Å². The molecule has 0 saturated heterocycles. The first-order valence-corrected chi connectivity index (χ1v) is 19.0. The molecule has 0 aliphatic carbocycles. The van der Waals surface area contributed by atoms with E-state index in [0.717, 1.165) is 27.8 Å². The fourth-order valence-corrected chi connectivity index (χ4v) is 5.52. The standard InChI is InChI=1S/C16H15ClOS.C16H14OS.2C7H6OS/c1-16(2,13-8-10-14(17)11-9-13)18-15(19)12-6-4-3-5-7-12;1-2-13-7-6-8-14(11-13)12-17-16(18)15-9-4-3-5-10-15;2*8-7(9)6-4-2-1-3-5-6/h3-11H,1-2H3;2-11H,1,12H2;2*1-5H,(H,8,9). The minimum atomic E-state index is -0.489.